The Balaban J connectivity index is 1.98. The van der Waals surface area contributed by atoms with Gasteiger partial charge in [0.2, 0.25) is 11.8 Å². The zero-order valence-corrected chi connectivity index (χ0v) is 8.29. The summed E-state index contributed by atoms with van der Waals surface area (Å²) in [6, 6.07) is -0.180. The molecule has 4 heteroatoms. The lowest BCUT2D eigenvalue weighted by molar-refractivity contribution is -0.126. The minimum absolute atomic E-state index is 0.100. The molecule has 0 saturated carbocycles. The van der Waals surface area contributed by atoms with E-state index in [1.165, 1.54) is 12.8 Å². The van der Waals surface area contributed by atoms with E-state index in [-0.39, 0.29) is 17.9 Å². The SMILES string of the molecule is O=C1C[C@H](N2CCCCCC2)C(=O)N1. The summed E-state index contributed by atoms with van der Waals surface area (Å²) < 4.78 is 0. The quantitative estimate of drug-likeness (QED) is 0.613. The van der Waals surface area contributed by atoms with Crippen LogP contribution >= 0.6 is 0 Å². The number of carbonyl (C=O) groups is 2. The third-order valence-electron chi connectivity index (χ3n) is 3.03. The average molecular weight is 196 g/mol. The molecule has 0 aromatic heterocycles. The number of nitrogens with zero attached hydrogens (tertiary/aromatic N) is 1. The van der Waals surface area contributed by atoms with Gasteiger partial charge >= 0.3 is 0 Å². The van der Waals surface area contributed by atoms with Crippen LogP contribution < -0.4 is 5.32 Å². The predicted octanol–water partition coefficient (Wildman–Crippen LogP) is 0.277. The Morgan fingerprint density at radius 2 is 1.71 bits per heavy atom. The molecule has 0 spiro atoms. The van der Waals surface area contributed by atoms with Crippen LogP contribution in [0.3, 0.4) is 0 Å². The van der Waals surface area contributed by atoms with Gasteiger partial charge in [0.05, 0.1) is 12.5 Å². The van der Waals surface area contributed by atoms with E-state index in [9.17, 15) is 9.59 Å². The fourth-order valence-corrected chi connectivity index (χ4v) is 2.24. The topological polar surface area (TPSA) is 49.4 Å². The van der Waals surface area contributed by atoms with E-state index in [2.05, 4.69) is 10.2 Å². The molecule has 78 valence electrons. The summed E-state index contributed by atoms with van der Waals surface area (Å²) in [5.41, 5.74) is 0. The normalized spacial score (nSPS) is 30.1. The Morgan fingerprint density at radius 1 is 1.07 bits per heavy atom. The van der Waals surface area contributed by atoms with Gasteiger partial charge < -0.3 is 0 Å². The molecule has 0 unspecified atom stereocenters. The molecule has 2 heterocycles. The van der Waals surface area contributed by atoms with Crippen LogP contribution in [0.5, 0.6) is 0 Å². The van der Waals surface area contributed by atoms with E-state index >= 15 is 0 Å². The van der Waals surface area contributed by atoms with Crippen molar-refractivity contribution in [3.8, 4) is 0 Å². The second-order valence-electron chi connectivity index (χ2n) is 4.08. The second-order valence-corrected chi connectivity index (χ2v) is 4.08. The molecule has 4 nitrogen and oxygen atoms in total. The maximum atomic E-state index is 11.4. The molecule has 0 bridgehead atoms. The fraction of sp³-hybridized carbons (Fsp3) is 0.800. The Hall–Kier alpha value is -0.900. The van der Waals surface area contributed by atoms with E-state index in [4.69, 9.17) is 0 Å². The first-order valence-electron chi connectivity index (χ1n) is 5.35. The molecule has 1 N–H and O–H groups in total. The van der Waals surface area contributed by atoms with Gasteiger partial charge in [-0.2, -0.15) is 0 Å². The lowest BCUT2D eigenvalue weighted by atomic mass is 10.2. The Kier molecular flexibility index (Phi) is 2.82. The minimum Gasteiger partial charge on any atom is -0.295 e. The lowest BCUT2D eigenvalue weighted by Gasteiger charge is -2.24. The lowest BCUT2D eigenvalue weighted by Crippen LogP contribution is -2.41. The maximum absolute atomic E-state index is 11.4. The highest BCUT2D eigenvalue weighted by Gasteiger charge is 2.35. The largest absolute Gasteiger partial charge is 0.295 e. The van der Waals surface area contributed by atoms with Crippen LogP contribution in [0.25, 0.3) is 0 Å². The van der Waals surface area contributed by atoms with E-state index in [1.807, 2.05) is 0 Å². The molecule has 2 rings (SSSR count). The van der Waals surface area contributed by atoms with Crippen LogP contribution in [0.2, 0.25) is 0 Å². The molecule has 0 radical (unpaired) electrons. The summed E-state index contributed by atoms with van der Waals surface area (Å²) in [5, 5.41) is 2.37. The van der Waals surface area contributed by atoms with Crippen molar-refractivity contribution in [1.82, 2.24) is 10.2 Å². The van der Waals surface area contributed by atoms with Crippen molar-refractivity contribution in [2.75, 3.05) is 13.1 Å². The van der Waals surface area contributed by atoms with Crippen molar-refractivity contribution in [2.24, 2.45) is 0 Å². The van der Waals surface area contributed by atoms with Gasteiger partial charge in [0.1, 0.15) is 0 Å². The van der Waals surface area contributed by atoms with Crippen molar-refractivity contribution < 1.29 is 9.59 Å². The average Bonchev–Trinajstić information content (AvgIpc) is 2.43. The molecule has 2 aliphatic rings. The van der Waals surface area contributed by atoms with Crippen LogP contribution in [0.1, 0.15) is 32.1 Å². The third-order valence-corrected chi connectivity index (χ3v) is 3.03. The number of likely N-dealkylation sites (tertiary alicyclic amines) is 1. The summed E-state index contributed by atoms with van der Waals surface area (Å²) in [7, 11) is 0. The molecular formula is C10H16N2O2. The summed E-state index contributed by atoms with van der Waals surface area (Å²) in [4.78, 5) is 24.6. The van der Waals surface area contributed by atoms with Crippen LogP contribution in [-0.2, 0) is 9.59 Å². The van der Waals surface area contributed by atoms with Gasteiger partial charge in [0.15, 0.2) is 0 Å². The number of imide groups is 1. The van der Waals surface area contributed by atoms with E-state index in [1.54, 1.807) is 0 Å². The summed E-state index contributed by atoms with van der Waals surface area (Å²) in [6.07, 6.45) is 5.16. The van der Waals surface area contributed by atoms with Gasteiger partial charge in [-0.25, -0.2) is 0 Å². The number of rotatable bonds is 1. The van der Waals surface area contributed by atoms with Gasteiger partial charge in [-0.05, 0) is 25.9 Å². The summed E-state index contributed by atoms with van der Waals surface area (Å²) >= 11 is 0. The molecule has 0 aliphatic carbocycles. The monoisotopic (exact) mass is 196 g/mol. The highest BCUT2D eigenvalue weighted by Crippen LogP contribution is 2.17. The van der Waals surface area contributed by atoms with Crippen molar-refractivity contribution in [3.63, 3.8) is 0 Å². The summed E-state index contributed by atoms with van der Waals surface area (Å²) in [5.74, 6) is -0.221. The zero-order valence-electron chi connectivity index (χ0n) is 8.29. The molecule has 14 heavy (non-hydrogen) atoms. The summed E-state index contributed by atoms with van der Waals surface area (Å²) in [6.45, 7) is 1.93. The Morgan fingerprint density at radius 3 is 2.21 bits per heavy atom. The first-order valence-corrected chi connectivity index (χ1v) is 5.35. The predicted molar refractivity (Wildman–Crippen MR) is 51.6 cm³/mol. The van der Waals surface area contributed by atoms with Crippen molar-refractivity contribution in [2.45, 2.75) is 38.1 Å². The van der Waals surface area contributed by atoms with Crippen LogP contribution in [-0.4, -0.2) is 35.8 Å². The molecule has 1 atom stereocenters. The number of carbonyl (C=O) groups excluding carboxylic acids is 2. The highest BCUT2D eigenvalue weighted by molar-refractivity contribution is 6.05. The van der Waals surface area contributed by atoms with E-state index in [0.717, 1.165) is 25.9 Å². The standard InChI is InChI=1S/C10H16N2O2/c13-9-7-8(10(14)11-9)12-5-3-1-2-4-6-12/h8H,1-7H2,(H,11,13,14)/t8-/m0/s1. The molecular weight excluding hydrogens is 180 g/mol. The van der Waals surface area contributed by atoms with Gasteiger partial charge in [0.25, 0.3) is 0 Å². The number of nitrogens with one attached hydrogen (secondary N) is 1. The maximum Gasteiger partial charge on any atom is 0.244 e. The van der Waals surface area contributed by atoms with Crippen LogP contribution in [0.4, 0.5) is 0 Å². The number of hydrogen-bond acceptors (Lipinski definition) is 3. The van der Waals surface area contributed by atoms with Gasteiger partial charge in [0, 0.05) is 0 Å². The Bertz CT molecular complexity index is 245. The fourth-order valence-electron chi connectivity index (χ4n) is 2.24. The Labute approximate surface area is 83.6 Å². The molecule has 0 aromatic carbocycles. The van der Waals surface area contributed by atoms with Gasteiger partial charge in [-0.3, -0.25) is 19.8 Å². The van der Waals surface area contributed by atoms with Gasteiger partial charge in [-0.1, -0.05) is 12.8 Å². The number of hydrogen-bond donors (Lipinski definition) is 1. The first-order chi connectivity index (χ1) is 6.77. The second kappa shape index (κ2) is 4.09. The van der Waals surface area contributed by atoms with Crippen molar-refractivity contribution in [1.29, 1.82) is 0 Å². The first kappa shape index (κ1) is 9.65. The molecule has 2 amide bonds. The smallest absolute Gasteiger partial charge is 0.244 e. The zero-order chi connectivity index (χ0) is 9.97. The van der Waals surface area contributed by atoms with Gasteiger partial charge in [-0.15, -0.1) is 0 Å². The molecule has 2 saturated heterocycles. The van der Waals surface area contributed by atoms with E-state index in [0.29, 0.717) is 6.42 Å². The highest BCUT2D eigenvalue weighted by atomic mass is 16.2. The molecule has 0 aromatic rings. The van der Waals surface area contributed by atoms with Crippen molar-refractivity contribution in [3.05, 3.63) is 0 Å². The molecule has 2 fully saturated rings. The van der Waals surface area contributed by atoms with E-state index < -0.39 is 0 Å². The molecule has 2 aliphatic heterocycles. The third kappa shape index (κ3) is 1.95. The number of amides is 2. The van der Waals surface area contributed by atoms with Crippen molar-refractivity contribution >= 4 is 11.8 Å². The van der Waals surface area contributed by atoms with Crippen LogP contribution in [0, 0.1) is 0 Å². The minimum atomic E-state index is -0.180. The van der Waals surface area contributed by atoms with Crippen LogP contribution in [0.15, 0.2) is 0 Å².